The van der Waals surface area contributed by atoms with Crippen LogP contribution in [-0.4, -0.2) is 7.05 Å². The summed E-state index contributed by atoms with van der Waals surface area (Å²) in [5.41, 5.74) is 1.10. The van der Waals surface area contributed by atoms with Gasteiger partial charge in [0.2, 0.25) is 0 Å². The highest BCUT2D eigenvalue weighted by Crippen LogP contribution is 2.24. The number of nitrogens with one attached hydrogen (secondary N) is 1. The summed E-state index contributed by atoms with van der Waals surface area (Å²) in [6, 6.07) is 11.3. The second-order valence-corrected chi connectivity index (χ2v) is 5.23. The molecular formula is C15H14BrF2N. The molecule has 0 aliphatic heterocycles. The van der Waals surface area contributed by atoms with E-state index in [4.69, 9.17) is 0 Å². The molecule has 0 aromatic heterocycles. The lowest BCUT2D eigenvalue weighted by Crippen LogP contribution is -2.21. The Morgan fingerprint density at radius 1 is 1.11 bits per heavy atom. The van der Waals surface area contributed by atoms with Crippen LogP contribution in [0.1, 0.15) is 17.2 Å². The Morgan fingerprint density at radius 3 is 2.32 bits per heavy atom. The van der Waals surface area contributed by atoms with Gasteiger partial charge < -0.3 is 5.32 Å². The van der Waals surface area contributed by atoms with Gasteiger partial charge >= 0.3 is 0 Å². The maximum atomic E-state index is 13.8. The quantitative estimate of drug-likeness (QED) is 0.887. The van der Waals surface area contributed by atoms with Gasteiger partial charge in [-0.1, -0.05) is 34.1 Å². The second-order valence-electron chi connectivity index (χ2n) is 4.31. The molecule has 100 valence electrons. The summed E-state index contributed by atoms with van der Waals surface area (Å²) in [7, 11) is 1.70. The fourth-order valence-electron chi connectivity index (χ4n) is 2.09. The van der Waals surface area contributed by atoms with Crippen molar-refractivity contribution in [2.45, 2.75) is 12.5 Å². The SMILES string of the molecule is CNC(Cc1cccc(Br)c1)c1c(F)cccc1F. The molecule has 0 saturated carbocycles. The van der Waals surface area contributed by atoms with E-state index in [1.807, 2.05) is 24.3 Å². The predicted molar refractivity (Wildman–Crippen MR) is 76.0 cm³/mol. The molecule has 1 atom stereocenters. The first kappa shape index (κ1) is 14.2. The van der Waals surface area contributed by atoms with Gasteiger partial charge in [0.15, 0.2) is 0 Å². The molecule has 0 radical (unpaired) electrons. The lowest BCUT2D eigenvalue weighted by molar-refractivity contribution is 0.489. The second kappa shape index (κ2) is 6.26. The minimum absolute atomic E-state index is 0.0879. The molecule has 0 aliphatic carbocycles. The first-order valence-electron chi connectivity index (χ1n) is 5.97. The third-order valence-corrected chi connectivity index (χ3v) is 3.52. The normalized spacial score (nSPS) is 12.4. The van der Waals surface area contributed by atoms with Crippen LogP contribution in [0.3, 0.4) is 0 Å². The smallest absolute Gasteiger partial charge is 0.130 e. The van der Waals surface area contributed by atoms with Crippen molar-refractivity contribution in [3.8, 4) is 0 Å². The van der Waals surface area contributed by atoms with Crippen molar-refractivity contribution in [3.63, 3.8) is 0 Å². The molecule has 19 heavy (non-hydrogen) atoms. The number of halogens is 3. The maximum absolute atomic E-state index is 13.8. The summed E-state index contributed by atoms with van der Waals surface area (Å²) in [5, 5.41) is 2.97. The monoisotopic (exact) mass is 325 g/mol. The van der Waals surface area contributed by atoms with Crippen LogP contribution in [0.4, 0.5) is 8.78 Å². The number of rotatable bonds is 4. The number of hydrogen-bond acceptors (Lipinski definition) is 1. The van der Waals surface area contributed by atoms with Crippen molar-refractivity contribution in [3.05, 3.63) is 69.7 Å². The van der Waals surface area contributed by atoms with Crippen LogP contribution in [0.25, 0.3) is 0 Å². The van der Waals surface area contributed by atoms with Crippen LogP contribution < -0.4 is 5.32 Å². The highest BCUT2D eigenvalue weighted by atomic mass is 79.9. The zero-order valence-corrected chi connectivity index (χ0v) is 12.0. The summed E-state index contributed by atoms with van der Waals surface area (Å²) in [6.45, 7) is 0. The van der Waals surface area contributed by atoms with E-state index in [2.05, 4.69) is 21.2 Å². The summed E-state index contributed by atoms with van der Waals surface area (Å²) >= 11 is 3.39. The summed E-state index contributed by atoms with van der Waals surface area (Å²) in [6.07, 6.45) is 0.522. The summed E-state index contributed by atoms with van der Waals surface area (Å²) in [4.78, 5) is 0. The first-order valence-corrected chi connectivity index (χ1v) is 6.76. The van der Waals surface area contributed by atoms with Crippen LogP contribution >= 0.6 is 15.9 Å². The van der Waals surface area contributed by atoms with Crippen LogP contribution in [0.5, 0.6) is 0 Å². The summed E-state index contributed by atoms with van der Waals surface area (Å²) in [5.74, 6) is -1.04. The van der Waals surface area contributed by atoms with Gasteiger partial charge in [0.25, 0.3) is 0 Å². The standard InChI is InChI=1S/C15H14BrF2N/c1-19-14(9-10-4-2-5-11(16)8-10)15-12(17)6-3-7-13(15)18/h2-8,14,19H,9H2,1H3. The Labute approximate surface area is 119 Å². The molecule has 0 heterocycles. The molecule has 0 amide bonds. The van der Waals surface area contributed by atoms with Crippen LogP contribution in [0, 0.1) is 11.6 Å². The Hall–Kier alpha value is -1.26. The topological polar surface area (TPSA) is 12.0 Å². The van der Waals surface area contributed by atoms with Gasteiger partial charge in [-0.05, 0) is 43.3 Å². The lowest BCUT2D eigenvalue weighted by Gasteiger charge is -2.18. The highest BCUT2D eigenvalue weighted by molar-refractivity contribution is 9.10. The van der Waals surface area contributed by atoms with Crippen LogP contribution in [-0.2, 0) is 6.42 Å². The molecule has 0 saturated heterocycles. The van der Waals surface area contributed by atoms with Gasteiger partial charge in [0.05, 0.1) is 0 Å². The average molecular weight is 326 g/mol. The van der Waals surface area contributed by atoms with Gasteiger partial charge in [0, 0.05) is 16.1 Å². The minimum atomic E-state index is -0.519. The number of likely N-dealkylation sites (N-methyl/N-ethyl adjacent to an activating group) is 1. The zero-order valence-electron chi connectivity index (χ0n) is 10.5. The summed E-state index contributed by atoms with van der Waals surface area (Å²) < 4.78 is 28.5. The molecule has 2 aromatic rings. The van der Waals surface area contributed by atoms with E-state index in [0.717, 1.165) is 10.0 Å². The van der Waals surface area contributed by atoms with Crippen LogP contribution in [0.15, 0.2) is 46.9 Å². The van der Waals surface area contributed by atoms with Gasteiger partial charge in [-0.15, -0.1) is 0 Å². The molecule has 1 unspecified atom stereocenters. The van der Waals surface area contributed by atoms with E-state index in [0.29, 0.717) is 6.42 Å². The molecule has 0 fully saturated rings. The third-order valence-electron chi connectivity index (χ3n) is 3.03. The largest absolute Gasteiger partial charge is 0.313 e. The Morgan fingerprint density at radius 2 is 1.74 bits per heavy atom. The van der Waals surface area contributed by atoms with Crippen molar-refractivity contribution in [2.24, 2.45) is 0 Å². The molecular weight excluding hydrogens is 312 g/mol. The van der Waals surface area contributed by atoms with E-state index in [1.165, 1.54) is 18.2 Å². The molecule has 2 rings (SSSR count). The highest BCUT2D eigenvalue weighted by Gasteiger charge is 2.18. The zero-order chi connectivity index (χ0) is 13.8. The molecule has 2 aromatic carbocycles. The van der Waals surface area contributed by atoms with E-state index in [1.54, 1.807) is 7.05 Å². The Balaban J connectivity index is 2.30. The Bertz CT molecular complexity index is 552. The van der Waals surface area contributed by atoms with E-state index in [-0.39, 0.29) is 5.56 Å². The fourth-order valence-corrected chi connectivity index (χ4v) is 2.54. The van der Waals surface area contributed by atoms with Gasteiger partial charge in [0.1, 0.15) is 11.6 Å². The van der Waals surface area contributed by atoms with Crippen molar-refractivity contribution < 1.29 is 8.78 Å². The predicted octanol–water partition coefficient (Wildman–Crippen LogP) is 4.23. The van der Waals surface area contributed by atoms with Crippen molar-refractivity contribution in [1.82, 2.24) is 5.32 Å². The van der Waals surface area contributed by atoms with Crippen molar-refractivity contribution in [1.29, 1.82) is 0 Å². The Kier molecular flexibility index (Phi) is 4.66. The lowest BCUT2D eigenvalue weighted by atomic mass is 9.98. The van der Waals surface area contributed by atoms with Gasteiger partial charge in [-0.25, -0.2) is 8.78 Å². The van der Waals surface area contributed by atoms with Crippen LogP contribution in [0.2, 0.25) is 0 Å². The molecule has 0 aliphatic rings. The molecule has 4 heteroatoms. The van der Waals surface area contributed by atoms with E-state index >= 15 is 0 Å². The van der Waals surface area contributed by atoms with E-state index in [9.17, 15) is 8.78 Å². The third kappa shape index (κ3) is 3.39. The number of hydrogen-bond donors (Lipinski definition) is 1. The number of benzene rings is 2. The van der Waals surface area contributed by atoms with Crippen molar-refractivity contribution in [2.75, 3.05) is 7.05 Å². The molecule has 1 nitrogen and oxygen atoms in total. The fraction of sp³-hybridized carbons (Fsp3) is 0.200. The molecule has 0 spiro atoms. The van der Waals surface area contributed by atoms with Gasteiger partial charge in [-0.3, -0.25) is 0 Å². The van der Waals surface area contributed by atoms with Gasteiger partial charge in [-0.2, -0.15) is 0 Å². The average Bonchev–Trinajstić information content (AvgIpc) is 2.37. The molecule has 0 bridgehead atoms. The van der Waals surface area contributed by atoms with Crippen molar-refractivity contribution >= 4 is 15.9 Å². The molecule has 1 N–H and O–H groups in total. The first-order chi connectivity index (χ1) is 9.11. The van der Waals surface area contributed by atoms with E-state index < -0.39 is 17.7 Å². The maximum Gasteiger partial charge on any atom is 0.130 e. The minimum Gasteiger partial charge on any atom is -0.313 e.